The van der Waals surface area contributed by atoms with Gasteiger partial charge in [0.15, 0.2) is 0 Å². The van der Waals surface area contributed by atoms with E-state index in [1.165, 1.54) is 12.1 Å². The molecule has 2 aromatic rings. The largest absolute Gasteiger partial charge is 0.424 e. The lowest BCUT2D eigenvalue weighted by molar-refractivity contribution is 0.436. The second kappa shape index (κ2) is 6.53. The zero-order valence-corrected chi connectivity index (χ0v) is 12.4. The molecule has 0 saturated heterocycles. The maximum absolute atomic E-state index is 13.4. The third kappa shape index (κ3) is 3.69. The molecular formula is C13H15ClFN5O. The van der Waals surface area contributed by atoms with Gasteiger partial charge in [0.25, 0.3) is 0 Å². The number of nitrogens with two attached hydrogens (primary N) is 1. The number of rotatable bonds is 5. The van der Waals surface area contributed by atoms with Crippen LogP contribution in [0.15, 0.2) is 18.2 Å². The number of hydrogen-bond donors (Lipinski definition) is 1. The van der Waals surface area contributed by atoms with E-state index >= 15 is 0 Å². The normalized spacial score (nSPS) is 10.5. The summed E-state index contributed by atoms with van der Waals surface area (Å²) in [5.74, 6) is 0.0985. The maximum Gasteiger partial charge on any atom is 0.328 e. The molecule has 0 aliphatic rings. The highest BCUT2D eigenvalue weighted by Crippen LogP contribution is 2.24. The van der Waals surface area contributed by atoms with E-state index in [9.17, 15) is 4.39 Å². The lowest BCUT2D eigenvalue weighted by Crippen LogP contribution is -2.25. The van der Waals surface area contributed by atoms with Gasteiger partial charge in [0.2, 0.25) is 11.9 Å². The van der Waals surface area contributed by atoms with Gasteiger partial charge in [-0.15, -0.1) is 0 Å². The van der Waals surface area contributed by atoms with Gasteiger partial charge >= 0.3 is 6.01 Å². The molecule has 0 bridgehead atoms. The summed E-state index contributed by atoms with van der Waals surface area (Å²) in [6, 6.07) is 4.07. The average molecular weight is 312 g/mol. The number of anilines is 2. The van der Waals surface area contributed by atoms with Gasteiger partial charge in [-0.2, -0.15) is 15.0 Å². The SMILES string of the molecule is CCN(CC)c1nc(N)nc(Oc2ccc(Cl)c(F)c2)n1. The molecule has 0 aliphatic carbocycles. The molecule has 1 aromatic carbocycles. The number of ether oxygens (including phenoxy) is 1. The summed E-state index contributed by atoms with van der Waals surface area (Å²) in [7, 11) is 0. The summed E-state index contributed by atoms with van der Waals surface area (Å²) >= 11 is 5.61. The standard InChI is InChI=1S/C13H15ClFN5O/c1-3-20(4-2)12-17-11(16)18-13(19-12)21-8-5-6-9(14)10(15)7-8/h5-7H,3-4H2,1-2H3,(H2,16,17,18,19). The molecule has 0 saturated carbocycles. The number of halogens is 2. The van der Waals surface area contributed by atoms with Crippen LogP contribution in [-0.4, -0.2) is 28.0 Å². The van der Waals surface area contributed by atoms with Crippen molar-refractivity contribution in [2.45, 2.75) is 13.8 Å². The molecule has 0 spiro atoms. The number of hydrogen-bond acceptors (Lipinski definition) is 6. The molecule has 6 nitrogen and oxygen atoms in total. The second-order valence-corrected chi connectivity index (χ2v) is 4.53. The van der Waals surface area contributed by atoms with E-state index in [4.69, 9.17) is 22.1 Å². The van der Waals surface area contributed by atoms with Crippen molar-refractivity contribution in [1.29, 1.82) is 0 Å². The topological polar surface area (TPSA) is 77.2 Å². The van der Waals surface area contributed by atoms with Gasteiger partial charge in [0, 0.05) is 19.2 Å². The Balaban J connectivity index is 2.29. The fourth-order valence-electron chi connectivity index (χ4n) is 1.70. The van der Waals surface area contributed by atoms with E-state index in [0.29, 0.717) is 5.95 Å². The van der Waals surface area contributed by atoms with Gasteiger partial charge in [0.05, 0.1) is 5.02 Å². The quantitative estimate of drug-likeness (QED) is 0.915. The number of nitrogens with zero attached hydrogens (tertiary/aromatic N) is 4. The van der Waals surface area contributed by atoms with E-state index in [0.717, 1.165) is 19.2 Å². The molecule has 0 aliphatic heterocycles. The van der Waals surface area contributed by atoms with Crippen LogP contribution >= 0.6 is 11.6 Å². The van der Waals surface area contributed by atoms with Crippen molar-refractivity contribution in [1.82, 2.24) is 15.0 Å². The molecule has 0 unspecified atom stereocenters. The fourth-order valence-corrected chi connectivity index (χ4v) is 1.82. The van der Waals surface area contributed by atoms with Crippen LogP contribution in [0, 0.1) is 5.82 Å². The minimum atomic E-state index is -0.583. The van der Waals surface area contributed by atoms with Crippen molar-refractivity contribution in [2.75, 3.05) is 23.7 Å². The highest BCUT2D eigenvalue weighted by molar-refractivity contribution is 6.30. The zero-order chi connectivity index (χ0) is 15.4. The lowest BCUT2D eigenvalue weighted by atomic mass is 10.3. The first-order valence-corrected chi connectivity index (χ1v) is 6.80. The highest BCUT2D eigenvalue weighted by atomic mass is 35.5. The summed E-state index contributed by atoms with van der Waals surface area (Å²) in [5.41, 5.74) is 5.65. The van der Waals surface area contributed by atoms with Crippen molar-refractivity contribution in [3.8, 4) is 11.8 Å². The Kier molecular flexibility index (Phi) is 4.74. The summed E-state index contributed by atoms with van der Waals surface area (Å²) in [4.78, 5) is 14.0. The minimum Gasteiger partial charge on any atom is -0.424 e. The van der Waals surface area contributed by atoms with Crippen LogP contribution < -0.4 is 15.4 Å². The van der Waals surface area contributed by atoms with Gasteiger partial charge in [-0.1, -0.05) is 11.6 Å². The number of aromatic nitrogens is 3. The number of benzene rings is 1. The summed E-state index contributed by atoms with van der Waals surface area (Å²) < 4.78 is 18.8. The van der Waals surface area contributed by atoms with Crippen LogP contribution in [0.5, 0.6) is 11.8 Å². The molecule has 0 fully saturated rings. The molecule has 2 rings (SSSR count). The van der Waals surface area contributed by atoms with Gasteiger partial charge in [0.1, 0.15) is 11.6 Å². The Morgan fingerprint density at radius 3 is 2.57 bits per heavy atom. The zero-order valence-electron chi connectivity index (χ0n) is 11.7. The lowest BCUT2D eigenvalue weighted by Gasteiger charge is -2.18. The third-order valence-corrected chi connectivity index (χ3v) is 3.07. The van der Waals surface area contributed by atoms with Crippen molar-refractivity contribution >= 4 is 23.5 Å². The van der Waals surface area contributed by atoms with Crippen LogP contribution in [0.4, 0.5) is 16.3 Å². The van der Waals surface area contributed by atoms with E-state index < -0.39 is 5.82 Å². The second-order valence-electron chi connectivity index (χ2n) is 4.13. The first-order valence-electron chi connectivity index (χ1n) is 6.42. The molecule has 2 N–H and O–H groups in total. The predicted molar refractivity (Wildman–Crippen MR) is 79.3 cm³/mol. The van der Waals surface area contributed by atoms with E-state index in [-0.39, 0.29) is 22.7 Å². The Bertz CT molecular complexity index is 636. The maximum atomic E-state index is 13.4. The molecule has 112 valence electrons. The highest BCUT2D eigenvalue weighted by Gasteiger charge is 2.12. The Hall–Kier alpha value is -2.15. The first kappa shape index (κ1) is 15.2. The van der Waals surface area contributed by atoms with Crippen LogP contribution in [-0.2, 0) is 0 Å². The molecule has 0 atom stereocenters. The Labute approximate surface area is 126 Å². The summed E-state index contributed by atoms with van der Waals surface area (Å²) in [6.07, 6.45) is 0. The van der Waals surface area contributed by atoms with Crippen molar-refractivity contribution < 1.29 is 9.13 Å². The predicted octanol–water partition coefficient (Wildman–Crippen LogP) is 2.88. The van der Waals surface area contributed by atoms with Crippen LogP contribution in [0.3, 0.4) is 0 Å². The van der Waals surface area contributed by atoms with Gasteiger partial charge in [-0.05, 0) is 26.0 Å². The third-order valence-electron chi connectivity index (χ3n) is 2.77. The van der Waals surface area contributed by atoms with Gasteiger partial charge in [-0.25, -0.2) is 4.39 Å². The molecule has 1 aromatic heterocycles. The van der Waals surface area contributed by atoms with Crippen LogP contribution in [0.1, 0.15) is 13.8 Å². The molecule has 1 heterocycles. The Morgan fingerprint density at radius 1 is 1.24 bits per heavy atom. The van der Waals surface area contributed by atoms with Gasteiger partial charge in [-0.3, -0.25) is 0 Å². The molecule has 0 amide bonds. The number of nitrogen functional groups attached to an aromatic ring is 1. The van der Waals surface area contributed by atoms with E-state index in [1.807, 2.05) is 18.7 Å². The van der Waals surface area contributed by atoms with Crippen molar-refractivity contribution in [3.05, 3.63) is 29.0 Å². The fraction of sp³-hybridized carbons (Fsp3) is 0.308. The van der Waals surface area contributed by atoms with E-state index in [1.54, 1.807) is 0 Å². The molecule has 21 heavy (non-hydrogen) atoms. The molecular weight excluding hydrogens is 297 g/mol. The molecule has 0 radical (unpaired) electrons. The Morgan fingerprint density at radius 2 is 1.95 bits per heavy atom. The van der Waals surface area contributed by atoms with Crippen molar-refractivity contribution in [3.63, 3.8) is 0 Å². The smallest absolute Gasteiger partial charge is 0.328 e. The monoisotopic (exact) mass is 311 g/mol. The molecule has 8 heteroatoms. The van der Waals surface area contributed by atoms with Crippen LogP contribution in [0.25, 0.3) is 0 Å². The van der Waals surface area contributed by atoms with Gasteiger partial charge < -0.3 is 15.4 Å². The minimum absolute atomic E-state index is 0.00567. The summed E-state index contributed by atoms with van der Waals surface area (Å²) in [5, 5.41) is 0.0151. The summed E-state index contributed by atoms with van der Waals surface area (Å²) in [6.45, 7) is 5.38. The van der Waals surface area contributed by atoms with Crippen LogP contribution in [0.2, 0.25) is 5.02 Å². The first-order chi connectivity index (χ1) is 10.0. The van der Waals surface area contributed by atoms with E-state index in [2.05, 4.69) is 15.0 Å². The van der Waals surface area contributed by atoms with Crippen molar-refractivity contribution in [2.24, 2.45) is 0 Å². The average Bonchev–Trinajstić information content (AvgIpc) is 2.44.